The van der Waals surface area contributed by atoms with Crippen molar-refractivity contribution in [2.45, 2.75) is 24.8 Å². The third-order valence-corrected chi connectivity index (χ3v) is 3.54. The summed E-state index contributed by atoms with van der Waals surface area (Å²) >= 11 is 0. The number of benzene rings is 1. The van der Waals surface area contributed by atoms with Gasteiger partial charge in [0.2, 0.25) is 15.9 Å². The number of anilines is 1. The van der Waals surface area contributed by atoms with Gasteiger partial charge in [0, 0.05) is 0 Å². The predicted molar refractivity (Wildman–Crippen MR) is 71.1 cm³/mol. The van der Waals surface area contributed by atoms with Gasteiger partial charge in [0.15, 0.2) is 0 Å². The average molecular weight is 281 g/mol. The van der Waals surface area contributed by atoms with E-state index in [4.69, 9.17) is 9.56 Å². The van der Waals surface area contributed by atoms with Crippen LogP contribution < -0.4 is 10.5 Å². The maximum atomic E-state index is 11.5. The normalized spacial score (nSPS) is 13.2. The maximum absolute atomic E-state index is 11.5. The van der Waals surface area contributed by atoms with Crippen molar-refractivity contribution in [2.75, 3.05) is 5.32 Å². The Kier molecular flexibility index (Phi) is 3.59. The molecule has 1 unspecified atom stereocenters. The standard InChI is InChI=1S/C12H15N3O3S/c1-8-7-14-12(18-8)9(2)15-10-5-3-4-6-11(10)19(13,16)17/h3-7,9,15H,1-2H3,(H2,13,16,17). The van der Waals surface area contributed by atoms with Crippen molar-refractivity contribution < 1.29 is 12.8 Å². The van der Waals surface area contributed by atoms with Crippen LogP contribution in [-0.2, 0) is 10.0 Å². The number of hydrogen-bond acceptors (Lipinski definition) is 5. The SMILES string of the molecule is Cc1cnc(C(C)Nc2ccccc2S(N)(=O)=O)o1. The first-order valence-electron chi connectivity index (χ1n) is 5.68. The number of rotatable bonds is 4. The van der Waals surface area contributed by atoms with E-state index in [1.54, 1.807) is 31.3 Å². The summed E-state index contributed by atoms with van der Waals surface area (Å²) in [6.45, 7) is 3.62. The van der Waals surface area contributed by atoms with Crippen molar-refractivity contribution in [1.82, 2.24) is 4.98 Å². The molecule has 19 heavy (non-hydrogen) atoms. The molecule has 0 fully saturated rings. The summed E-state index contributed by atoms with van der Waals surface area (Å²) in [4.78, 5) is 4.14. The van der Waals surface area contributed by atoms with E-state index in [9.17, 15) is 8.42 Å². The molecular weight excluding hydrogens is 266 g/mol. The summed E-state index contributed by atoms with van der Waals surface area (Å²) in [7, 11) is -3.77. The number of nitrogens with two attached hydrogens (primary N) is 1. The maximum Gasteiger partial charge on any atom is 0.240 e. The Bertz CT molecular complexity index is 679. The van der Waals surface area contributed by atoms with Crippen molar-refractivity contribution in [2.24, 2.45) is 5.14 Å². The zero-order valence-electron chi connectivity index (χ0n) is 10.6. The lowest BCUT2D eigenvalue weighted by atomic mass is 10.2. The van der Waals surface area contributed by atoms with Gasteiger partial charge in [-0.3, -0.25) is 0 Å². The summed E-state index contributed by atoms with van der Waals surface area (Å²) in [6, 6.07) is 6.17. The molecule has 6 nitrogen and oxygen atoms in total. The van der Waals surface area contributed by atoms with Gasteiger partial charge in [0.05, 0.1) is 11.9 Å². The topological polar surface area (TPSA) is 98.2 Å². The molecule has 7 heteroatoms. The largest absolute Gasteiger partial charge is 0.444 e. The molecule has 0 aliphatic carbocycles. The van der Waals surface area contributed by atoms with Gasteiger partial charge in [-0.15, -0.1) is 0 Å². The van der Waals surface area contributed by atoms with E-state index in [1.807, 2.05) is 6.92 Å². The molecule has 0 bridgehead atoms. The number of aromatic nitrogens is 1. The quantitative estimate of drug-likeness (QED) is 0.890. The number of hydrogen-bond donors (Lipinski definition) is 2. The molecule has 0 aliphatic rings. The molecule has 0 saturated carbocycles. The molecule has 0 amide bonds. The summed E-state index contributed by atoms with van der Waals surface area (Å²) < 4.78 is 28.3. The van der Waals surface area contributed by atoms with Crippen molar-refractivity contribution in [1.29, 1.82) is 0 Å². The summed E-state index contributed by atoms with van der Waals surface area (Å²) in [6.07, 6.45) is 1.61. The fourth-order valence-electron chi connectivity index (χ4n) is 1.70. The average Bonchev–Trinajstić information content (AvgIpc) is 2.75. The molecular formula is C12H15N3O3S. The van der Waals surface area contributed by atoms with Gasteiger partial charge >= 0.3 is 0 Å². The number of oxazole rings is 1. The summed E-state index contributed by atoms with van der Waals surface area (Å²) in [5.74, 6) is 1.19. The third kappa shape index (κ3) is 3.12. The smallest absolute Gasteiger partial charge is 0.240 e. The van der Waals surface area contributed by atoms with Crippen LogP contribution in [0.4, 0.5) is 5.69 Å². The van der Waals surface area contributed by atoms with Crippen molar-refractivity contribution >= 4 is 15.7 Å². The fourth-order valence-corrected chi connectivity index (χ4v) is 2.40. The van der Waals surface area contributed by atoms with Gasteiger partial charge in [-0.05, 0) is 26.0 Å². The highest BCUT2D eigenvalue weighted by Crippen LogP contribution is 2.24. The van der Waals surface area contributed by atoms with Gasteiger partial charge in [-0.1, -0.05) is 12.1 Å². The molecule has 0 spiro atoms. The van der Waals surface area contributed by atoms with Crippen LogP contribution in [0.25, 0.3) is 0 Å². The Labute approximate surface area is 111 Å². The number of aryl methyl sites for hydroxylation is 1. The van der Waals surface area contributed by atoms with Crippen LogP contribution in [0, 0.1) is 6.92 Å². The lowest BCUT2D eigenvalue weighted by Crippen LogP contribution is -2.16. The van der Waals surface area contributed by atoms with Crippen molar-refractivity contribution in [3.8, 4) is 0 Å². The zero-order valence-corrected chi connectivity index (χ0v) is 11.4. The molecule has 1 heterocycles. The van der Waals surface area contributed by atoms with Gasteiger partial charge < -0.3 is 9.73 Å². The Morgan fingerprint density at radius 3 is 2.63 bits per heavy atom. The van der Waals surface area contributed by atoms with Crippen LogP contribution in [0.3, 0.4) is 0 Å². The van der Waals surface area contributed by atoms with E-state index < -0.39 is 10.0 Å². The van der Waals surface area contributed by atoms with Crippen LogP contribution in [0.1, 0.15) is 24.6 Å². The van der Waals surface area contributed by atoms with Crippen LogP contribution in [0.5, 0.6) is 0 Å². The van der Waals surface area contributed by atoms with Crippen LogP contribution >= 0.6 is 0 Å². The Hall–Kier alpha value is -1.86. The third-order valence-electron chi connectivity index (χ3n) is 2.58. The second-order valence-electron chi connectivity index (χ2n) is 4.22. The van der Waals surface area contributed by atoms with E-state index in [0.29, 0.717) is 17.3 Å². The highest BCUT2D eigenvalue weighted by atomic mass is 32.2. The first kappa shape index (κ1) is 13.6. The lowest BCUT2D eigenvalue weighted by Gasteiger charge is -2.14. The first-order valence-corrected chi connectivity index (χ1v) is 7.23. The highest BCUT2D eigenvalue weighted by molar-refractivity contribution is 7.89. The number of primary sulfonamides is 1. The van der Waals surface area contributed by atoms with Gasteiger partial charge in [0.1, 0.15) is 16.7 Å². The summed E-state index contributed by atoms with van der Waals surface area (Å²) in [5.41, 5.74) is 0.424. The molecule has 0 aliphatic heterocycles. The van der Waals surface area contributed by atoms with Crippen LogP contribution in [0.15, 0.2) is 39.8 Å². The minimum Gasteiger partial charge on any atom is -0.444 e. The Balaban J connectivity index is 2.29. The number of nitrogens with zero attached hydrogens (tertiary/aromatic N) is 1. The number of nitrogens with one attached hydrogen (secondary N) is 1. The first-order chi connectivity index (χ1) is 8.88. The number of sulfonamides is 1. The molecule has 3 N–H and O–H groups in total. The van der Waals surface area contributed by atoms with Crippen molar-refractivity contribution in [3.63, 3.8) is 0 Å². The van der Waals surface area contributed by atoms with Gasteiger partial charge in [0.25, 0.3) is 0 Å². The van der Waals surface area contributed by atoms with E-state index in [1.165, 1.54) is 6.07 Å². The second kappa shape index (κ2) is 5.02. The summed E-state index contributed by atoms with van der Waals surface area (Å²) in [5, 5.41) is 8.20. The molecule has 1 atom stereocenters. The molecule has 0 saturated heterocycles. The predicted octanol–water partition coefficient (Wildman–Crippen LogP) is 1.80. The Morgan fingerprint density at radius 2 is 2.05 bits per heavy atom. The molecule has 2 rings (SSSR count). The number of para-hydroxylation sites is 1. The Morgan fingerprint density at radius 1 is 1.37 bits per heavy atom. The highest BCUT2D eigenvalue weighted by Gasteiger charge is 2.17. The fraction of sp³-hybridized carbons (Fsp3) is 0.250. The molecule has 0 radical (unpaired) electrons. The molecule has 102 valence electrons. The monoisotopic (exact) mass is 281 g/mol. The minimum absolute atomic E-state index is 0.0464. The van der Waals surface area contributed by atoms with Gasteiger partial charge in [-0.2, -0.15) is 0 Å². The van der Waals surface area contributed by atoms with Gasteiger partial charge in [-0.25, -0.2) is 18.5 Å². The lowest BCUT2D eigenvalue weighted by molar-refractivity contribution is 0.453. The minimum atomic E-state index is -3.77. The van der Waals surface area contributed by atoms with E-state index in [-0.39, 0.29) is 10.9 Å². The zero-order chi connectivity index (χ0) is 14.0. The van der Waals surface area contributed by atoms with Crippen LogP contribution in [-0.4, -0.2) is 13.4 Å². The van der Waals surface area contributed by atoms with E-state index >= 15 is 0 Å². The van der Waals surface area contributed by atoms with E-state index in [2.05, 4.69) is 10.3 Å². The van der Waals surface area contributed by atoms with Crippen LogP contribution in [0.2, 0.25) is 0 Å². The molecule has 1 aromatic carbocycles. The van der Waals surface area contributed by atoms with E-state index in [0.717, 1.165) is 0 Å². The van der Waals surface area contributed by atoms with Crippen molar-refractivity contribution in [3.05, 3.63) is 42.1 Å². The molecule has 1 aromatic heterocycles. The second-order valence-corrected chi connectivity index (χ2v) is 5.75. The molecule has 2 aromatic rings.